The van der Waals surface area contributed by atoms with Gasteiger partial charge < -0.3 is 41.2 Å². The average Bonchev–Trinajstić information content (AvgIpc) is 3.87. The van der Waals surface area contributed by atoms with Gasteiger partial charge in [-0.1, -0.05) is 62.4 Å². The number of carbonyl (C=O) groups is 3. The van der Waals surface area contributed by atoms with Crippen LogP contribution in [0.5, 0.6) is 0 Å². The SMILES string of the molecule is COC(=O)NC(C(=O)N1CCCC1c1ncc(-c2ccc(-c3ccc(C4=CNC(=CN5CCCC(N)C5=O)N4)cc3)cc2)[nH]1)C(C)C. The topological polar surface area (TPSA) is 158 Å². The lowest BCUT2D eigenvalue weighted by Gasteiger charge is -2.30. The average molecular weight is 639 g/mol. The van der Waals surface area contributed by atoms with E-state index in [2.05, 4.69) is 74.4 Å². The highest BCUT2D eigenvalue weighted by Gasteiger charge is 2.37. The van der Waals surface area contributed by atoms with Crippen LogP contribution in [0, 0.1) is 5.92 Å². The van der Waals surface area contributed by atoms with Crippen molar-refractivity contribution in [3.05, 3.63) is 84.3 Å². The molecule has 0 bridgehead atoms. The maximum absolute atomic E-state index is 13.5. The molecule has 1 aromatic heterocycles. The van der Waals surface area contributed by atoms with Crippen molar-refractivity contribution in [3.63, 3.8) is 0 Å². The van der Waals surface area contributed by atoms with E-state index in [-0.39, 0.29) is 23.8 Å². The molecule has 3 aromatic rings. The van der Waals surface area contributed by atoms with E-state index in [1.54, 1.807) is 17.3 Å². The van der Waals surface area contributed by atoms with Gasteiger partial charge in [0.1, 0.15) is 17.7 Å². The van der Waals surface area contributed by atoms with Crippen molar-refractivity contribution in [2.45, 2.75) is 57.7 Å². The smallest absolute Gasteiger partial charge is 0.407 e. The standard InChI is InChI=1S/C35H42N8O4/c1-21(2)31(41-35(46)47-3)34(45)43-17-5-7-29(43)32-38-19-28(40-32)25-14-10-23(11-15-25)22-8-12-24(13-9-22)27-18-37-30(39-27)20-42-16-4-6-26(36)33(42)44/h8-15,18-21,26,29,31,37,39H,4-7,16-17,36H2,1-3H3,(H,38,40)(H,41,46). The number of amides is 3. The molecule has 6 rings (SSSR count). The summed E-state index contributed by atoms with van der Waals surface area (Å²) < 4.78 is 4.74. The van der Waals surface area contributed by atoms with Gasteiger partial charge in [-0.3, -0.25) is 9.59 Å². The van der Waals surface area contributed by atoms with Gasteiger partial charge in [-0.05, 0) is 53.9 Å². The molecular formula is C35H42N8O4. The van der Waals surface area contributed by atoms with Crippen LogP contribution in [0.4, 0.5) is 4.79 Å². The number of aromatic amines is 1. The van der Waals surface area contributed by atoms with E-state index in [4.69, 9.17) is 10.5 Å². The molecule has 3 atom stereocenters. The molecule has 0 spiro atoms. The number of piperidine rings is 1. The van der Waals surface area contributed by atoms with Gasteiger partial charge in [0.2, 0.25) is 11.8 Å². The van der Waals surface area contributed by atoms with Gasteiger partial charge in [-0.2, -0.15) is 0 Å². The summed E-state index contributed by atoms with van der Waals surface area (Å²) in [7, 11) is 1.29. The van der Waals surface area contributed by atoms with E-state index in [1.165, 1.54) is 7.11 Å². The summed E-state index contributed by atoms with van der Waals surface area (Å²) in [6.45, 7) is 5.08. The van der Waals surface area contributed by atoms with Crippen molar-refractivity contribution >= 4 is 23.6 Å². The number of nitrogens with two attached hydrogens (primary N) is 1. The summed E-state index contributed by atoms with van der Waals surface area (Å²) in [4.78, 5) is 49.3. The number of H-pyrrole nitrogens is 1. The number of nitrogens with zero attached hydrogens (tertiary/aromatic N) is 3. The highest BCUT2D eigenvalue weighted by atomic mass is 16.5. The maximum Gasteiger partial charge on any atom is 0.407 e. The van der Waals surface area contributed by atoms with Crippen LogP contribution in [0.3, 0.4) is 0 Å². The maximum atomic E-state index is 13.5. The molecule has 4 heterocycles. The molecule has 3 amide bonds. The molecule has 6 N–H and O–H groups in total. The molecule has 2 fully saturated rings. The second-order valence-electron chi connectivity index (χ2n) is 12.5. The van der Waals surface area contributed by atoms with Gasteiger partial charge in [0.15, 0.2) is 0 Å². The molecule has 12 nitrogen and oxygen atoms in total. The van der Waals surface area contributed by atoms with Crippen molar-refractivity contribution in [1.29, 1.82) is 0 Å². The summed E-state index contributed by atoms with van der Waals surface area (Å²) in [5, 5.41) is 9.25. The zero-order chi connectivity index (χ0) is 33.1. The van der Waals surface area contributed by atoms with Crippen molar-refractivity contribution < 1.29 is 19.1 Å². The van der Waals surface area contributed by atoms with Crippen LogP contribution in [-0.2, 0) is 14.3 Å². The van der Waals surface area contributed by atoms with E-state index in [0.29, 0.717) is 13.1 Å². The van der Waals surface area contributed by atoms with Crippen LogP contribution >= 0.6 is 0 Å². The predicted octanol–water partition coefficient (Wildman–Crippen LogP) is 4.03. The summed E-state index contributed by atoms with van der Waals surface area (Å²) in [5.41, 5.74) is 11.9. The summed E-state index contributed by atoms with van der Waals surface area (Å²) in [6, 6.07) is 15.3. The number of likely N-dealkylation sites (tertiary alicyclic amines) is 2. The normalized spacial score (nSPS) is 21.0. The largest absolute Gasteiger partial charge is 0.453 e. The molecule has 2 saturated heterocycles. The lowest BCUT2D eigenvalue weighted by atomic mass is 10.0. The number of aromatic nitrogens is 2. The first kappa shape index (κ1) is 31.9. The number of rotatable bonds is 8. The number of hydrogen-bond donors (Lipinski definition) is 5. The first-order valence-electron chi connectivity index (χ1n) is 16.1. The van der Waals surface area contributed by atoms with Crippen molar-refractivity contribution in [1.82, 2.24) is 35.7 Å². The number of carbonyl (C=O) groups excluding carboxylic acids is 3. The quantitative estimate of drug-likeness (QED) is 0.248. The molecule has 0 radical (unpaired) electrons. The Morgan fingerprint density at radius 1 is 1.00 bits per heavy atom. The molecule has 2 aromatic carbocycles. The minimum Gasteiger partial charge on any atom is -0.453 e. The van der Waals surface area contributed by atoms with E-state index in [0.717, 1.165) is 71.0 Å². The minimum absolute atomic E-state index is 0.0530. The molecule has 47 heavy (non-hydrogen) atoms. The fourth-order valence-corrected chi connectivity index (χ4v) is 6.33. The number of ether oxygens (including phenoxy) is 1. The predicted molar refractivity (Wildman–Crippen MR) is 179 cm³/mol. The van der Waals surface area contributed by atoms with Crippen molar-refractivity contribution in [2.24, 2.45) is 11.7 Å². The Bertz CT molecular complexity index is 1680. The zero-order valence-electron chi connectivity index (χ0n) is 27.0. The van der Waals surface area contributed by atoms with Crippen LogP contribution in [0.15, 0.2) is 72.9 Å². The molecule has 0 saturated carbocycles. The number of imidazole rings is 1. The molecular weight excluding hydrogens is 596 g/mol. The Balaban J connectivity index is 1.09. The van der Waals surface area contributed by atoms with Crippen LogP contribution in [0.1, 0.15) is 57.0 Å². The van der Waals surface area contributed by atoms with Gasteiger partial charge >= 0.3 is 6.09 Å². The van der Waals surface area contributed by atoms with Gasteiger partial charge in [-0.15, -0.1) is 0 Å². The number of methoxy groups -OCH3 is 1. The van der Waals surface area contributed by atoms with E-state index >= 15 is 0 Å². The minimum atomic E-state index is -0.674. The lowest BCUT2D eigenvalue weighted by Crippen LogP contribution is -2.51. The van der Waals surface area contributed by atoms with Gasteiger partial charge in [0.05, 0.1) is 36.8 Å². The van der Waals surface area contributed by atoms with E-state index in [1.807, 2.05) is 24.9 Å². The Labute approximate surface area is 274 Å². The van der Waals surface area contributed by atoms with Crippen molar-refractivity contribution in [3.8, 4) is 22.4 Å². The fourth-order valence-electron chi connectivity index (χ4n) is 6.33. The Morgan fingerprint density at radius 2 is 1.66 bits per heavy atom. The van der Waals surface area contributed by atoms with Crippen LogP contribution in [0.25, 0.3) is 28.1 Å². The molecule has 12 heteroatoms. The Morgan fingerprint density at radius 3 is 2.34 bits per heavy atom. The summed E-state index contributed by atoms with van der Waals surface area (Å²) in [6.07, 6.45) is 8.15. The van der Waals surface area contributed by atoms with Crippen LogP contribution in [0.2, 0.25) is 0 Å². The van der Waals surface area contributed by atoms with Gasteiger partial charge in [0.25, 0.3) is 0 Å². The number of benzene rings is 2. The first-order chi connectivity index (χ1) is 22.7. The Kier molecular flexibility index (Phi) is 9.30. The fraction of sp³-hybridized carbons (Fsp3) is 0.371. The monoisotopic (exact) mass is 638 g/mol. The van der Waals surface area contributed by atoms with E-state index in [9.17, 15) is 14.4 Å². The third-order valence-corrected chi connectivity index (χ3v) is 9.00. The second-order valence-corrected chi connectivity index (χ2v) is 12.5. The lowest BCUT2D eigenvalue weighted by molar-refractivity contribution is -0.135. The van der Waals surface area contributed by atoms with Crippen LogP contribution in [-0.4, -0.2) is 70.0 Å². The second kappa shape index (κ2) is 13.7. The number of hydrogen-bond acceptors (Lipinski definition) is 8. The van der Waals surface area contributed by atoms with Crippen LogP contribution < -0.4 is 21.7 Å². The van der Waals surface area contributed by atoms with Gasteiger partial charge in [-0.25, -0.2) is 9.78 Å². The molecule has 0 aliphatic carbocycles. The first-order valence-corrected chi connectivity index (χ1v) is 16.1. The third-order valence-electron chi connectivity index (χ3n) is 9.00. The zero-order valence-corrected chi connectivity index (χ0v) is 27.0. The summed E-state index contributed by atoms with van der Waals surface area (Å²) >= 11 is 0. The number of nitrogens with one attached hydrogen (secondary N) is 4. The molecule has 3 aliphatic heterocycles. The highest BCUT2D eigenvalue weighted by Crippen LogP contribution is 2.33. The summed E-state index contributed by atoms with van der Waals surface area (Å²) in [5.74, 6) is 1.20. The molecule has 246 valence electrons. The molecule has 3 unspecified atom stereocenters. The van der Waals surface area contributed by atoms with Crippen molar-refractivity contribution in [2.75, 3.05) is 20.2 Å². The highest BCUT2D eigenvalue weighted by molar-refractivity contribution is 5.86. The Hall–Kier alpha value is -5.10. The third kappa shape index (κ3) is 6.87. The molecule has 3 aliphatic rings. The number of alkyl carbamates (subject to hydrolysis) is 1. The van der Waals surface area contributed by atoms with E-state index < -0.39 is 18.2 Å². The van der Waals surface area contributed by atoms with Gasteiger partial charge in [0, 0.05) is 25.5 Å².